The first kappa shape index (κ1) is 19.7. The van der Waals surface area contributed by atoms with Gasteiger partial charge >= 0.3 is 6.09 Å². The van der Waals surface area contributed by atoms with E-state index in [1.54, 1.807) is 12.3 Å². The normalized spacial score (nSPS) is 21.3. The molecule has 29 heavy (non-hydrogen) atoms. The molecule has 2 aliphatic rings. The minimum Gasteiger partial charge on any atom is -0.465 e. The minimum absolute atomic E-state index is 0.139. The van der Waals surface area contributed by atoms with Gasteiger partial charge in [0.15, 0.2) is 0 Å². The molecule has 2 amide bonds. The Kier molecular flexibility index (Phi) is 5.71. The van der Waals surface area contributed by atoms with Crippen LogP contribution in [0.15, 0.2) is 18.5 Å². The summed E-state index contributed by atoms with van der Waals surface area (Å²) in [5, 5.41) is 19.3. The second-order valence-corrected chi connectivity index (χ2v) is 8.14. The van der Waals surface area contributed by atoms with E-state index in [4.69, 9.17) is 16.7 Å². The Morgan fingerprint density at radius 2 is 2.03 bits per heavy atom. The predicted molar refractivity (Wildman–Crippen MR) is 109 cm³/mol. The third-order valence-electron chi connectivity index (χ3n) is 5.75. The first-order valence-electron chi connectivity index (χ1n) is 10.0. The van der Waals surface area contributed by atoms with E-state index in [9.17, 15) is 9.59 Å². The van der Waals surface area contributed by atoms with Crippen molar-refractivity contribution in [3.05, 3.63) is 29.2 Å². The monoisotopic (exact) mass is 417 g/mol. The van der Waals surface area contributed by atoms with Crippen molar-refractivity contribution in [2.75, 3.05) is 5.32 Å². The van der Waals surface area contributed by atoms with Crippen LogP contribution in [0.2, 0.25) is 5.02 Å². The van der Waals surface area contributed by atoms with Crippen molar-refractivity contribution < 1.29 is 14.7 Å². The van der Waals surface area contributed by atoms with Gasteiger partial charge in [-0.05, 0) is 44.6 Å². The molecule has 0 saturated heterocycles. The largest absolute Gasteiger partial charge is 0.465 e. The van der Waals surface area contributed by atoms with Crippen LogP contribution in [0.1, 0.15) is 44.2 Å². The standard InChI is InChI=1S/C20H24ClN5O3/c21-16-11-22-18(9-14(16)15-10-23-26-7-2-1-6-17(15)26)25-19(27)12-4-3-5-13(8-12)24-20(28)29/h9-13,24H,1-8H2,(H,28,29)(H,22,25,27)/t12-,13-/m0/s1. The topological polar surface area (TPSA) is 109 Å². The number of carbonyl (C=O) groups excluding carboxylic acids is 1. The van der Waals surface area contributed by atoms with E-state index in [-0.39, 0.29) is 17.9 Å². The van der Waals surface area contributed by atoms with Crippen molar-refractivity contribution in [2.24, 2.45) is 5.92 Å². The molecule has 3 N–H and O–H groups in total. The zero-order chi connectivity index (χ0) is 20.4. The van der Waals surface area contributed by atoms with Crippen molar-refractivity contribution in [1.82, 2.24) is 20.1 Å². The molecule has 154 valence electrons. The summed E-state index contributed by atoms with van der Waals surface area (Å²) in [6.45, 7) is 0.912. The second kappa shape index (κ2) is 8.41. The van der Waals surface area contributed by atoms with Gasteiger partial charge in [0.05, 0.1) is 11.2 Å². The number of carboxylic acid groups (broad SMARTS) is 1. The Hall–Kier alpha value is -2.61. The highest BCUT2D eigenvalue weighted by molar-refractivity contribution is 6.33. The van der Waals surface area contributed by atoms with E-state index in [0.717, 1.165) is 61.9 Å². The van der Waals surface area contributed by atoms with Crippen LogP contribution in [0.3, 0.4) is 0 Å². The number of fused-ring (bicyclic) bond motifs is 1. The molecule has 1 aliphatic heterocycles. The van der Waals surface area contributed by atoms with Crippen LogP contribution >= 0.6 is 11.6 Å². The van der Waals surface area contributed by atoms with E-state index in [1.165, 1.54) is 0 Å². The zero-order valence-electron chi connectivity index (χ0n) is 16.0. The third-order valence-corrected chi connectivity index (χ3v) is 6.05. The van der Waals surface area contributed by atoms with Crippen LogP contribution in [0, 0.1) is 5.92 Å². The highest BCUT2D eigenvalue weighted by Gasteiger charge is 2.28. The fourth-order valence-electron chi connectivity index (χ4n) is 4.32. The van der Waals surface area contributed by atoms with Gasteiger partial charge in [0.25, 0.3) is 0 Å². The zero-order valence-corrected chi connectivity index (χ0v) is 16.8. The molecule has 0 bridgehead atoms. The molecule has 1 aliphatic carbocycles. The summed E-state index contributed by atoms with van der Waals surface area (Å²) < 4.78 is 2.02. The second-order valence-electron chi connectivity index (χ2n) is 7.73. The highest BCUT2D eigenvalue weighted by atomic mass is 35.5. The van der Waals surface area contributed by atoms with Gasteiger partial charge in [0.2, 0.25) is 5.91 Å². The third kappa shape index (κ3) is 4.37. The molecule has 0 spiro atoms. The van der Waals surface area contributed by atoms with E-state index in [0.29, 0.717) is 17.3 Å². The predicted octanol–water partition coefficient (Wildman–Crippen LogP) is 3.70. The summed E-state index contributed by atoms with van der Waals surface area (Å²) >= 11 is 6.41. The van der Waals surface area contributed by atoms with Crippen LogP contribution in [0.25, 0.3) is 11.1 Å². The molecule has 0 radical (unpaired) electrons. The van der Waals surface area contributed by atoms with Crippen LogP contribution in [-0.2, 0) is 17.8 Å². The molecule has 2 aromatic rings. The van der Waals surface area contributed by atoms with Gasteiger partial charge in [0, 0.05) is 41.5 Å². The average molecular weight is 418 g/mol. The number of rotatable bonds is 4. The number of aromatic nitrogens is 3. The van der Waals surface area contributed by atoms with Crippen LogP contribution in [0.5, 0.6) is 0 Å². The highest BCUT2D eigenvalue weighted by Crippen LogP contribution is 2.34. The molecule has 3 heterocycles. The molecule has 0 unspecified atom stereocenters. The Morgan fingerprint density at radius 3 is 2.86 bits per heavy atom. The van der Waals surface area contributed by atoms with E-state index in [1.807, 2.05) is 10.9 Å². The van der Waals surface area contributed by atoms with Gasteiger partial charge in [0.1, 0.15) is 5.82 Å². The van der Waals surface area contributed by atoms with Crippen molar-refractivity contribution in [1.29, 1.82) is 0 Å². The first-order valence-corrected chi connectivity index (χ1v) is 10.4. The molecule has 2 aromatic heterocycles. The molecule has 0 aromatic carbocycles. The van der Waals surface area contributed by atoms with Crippen LogP contribution < -0.4 is 10.6 Å². The van der Waals surface area contributed by atoms with Gasteiger partial charge in [-0.1, -0.05) is 18.0 Å². The average Bonchev–Trinajstić information content (AvgIpc) is 3.13. The number of aryl methyl sites for hydroxylation is 1. The number of hydrogen-bond donors (Lipinski definition) is 3. The van der Waals surface area contributed by atoms with Crippen molar-refractivity contribution in [2.45, 2.75) is 57.5 Å². The molecule has 9 heteroatoms. The maximum atomic E-state index is 12.7. The molecule has 8 nitrogen and oxygen atoms in total. The van der Waals surface area contributed by atoms with Gasteiger partial charge in [-0.25, -0.2) is 9.78 Å². The lowest BCUT2D eigenvalue weighted by Crippen LogP contribution is -2.40. The maximum Gasteiger partial charge on any atom is 0.404 e. The van der Waals surface area contributed by atoms with Gasteiger partial charge < -0.3 is 15.7 Å². The summed E-state index contributed by atoms with van der Waals surface area (Å²) in [5.74, 6) is 0.0589. The van der Waals surface area contributed by atoms with Crippen LogP contribution in [-0.4, -0.2) is 37.9 Å². The van der Waals surface area contributed by atoms with E-state index in [2.05, 4.69) is 20.7 Å². The summed E-state index contributed by atoms with van der Waals surface area (Å²) in [6.07, 6.45) is 8.33. The Bertz CT molecular complexity index is 929. The quantitative estimate of drug-likeness (QED) is 0.702. The van der Waals surface area contributed by atoms with Crippen LogP contribution in [0.4, 0.5) is 10.6 Å². The Morgan fingerprint density at radius 1 is 1.17 bits per heavy atom. The smallest absolute Gasteiger partial charge is 0.404 e. The van der Waals surface area contributed by atoms with Gasteiger partial charge in [-0.2, -0.15) is 5.10 Å². The number of nitrogens with one attached hydrogen (secondary N) is 2. The fourth-order valence-corrected chi connectivity index (χ4v) is 4.53. The summed E-state index contributed by atoms with van der Waals surface area (Å²) in [7, 11) is 0. The minimum atomic E-state index is -1.05. The first-order chi connectivity index (χ1) is 14.0. The Balaban J connectivity index is 1.50. The number of amides is 2. The molecular formula is C20H24ClN5O3. The molecule has 1 saturated carbocycles. The Labute approximate surface area is 173 Å². The van der Waals surface area contributed by atoms with Crippen molar-refractivity contribution in [3.8, 4) is 11.1 Å². The lowest BCUT2D eigenvalue weighted by molar-refractivity contribution is -0.121. The van der Waals surface area contributed by atoms with E-state index >= 15 is 0 Å². The van der Waals surface area contributed by atoms with Gasteiger partial charge in [-0.15, -0.1) is 0 Å². The SMILES string of the molecule is O=C(O)N[C@H]1CCC[C@H](C(=O)Nc2cc(-c3cnn4c3CCCC4)c(Cl)cn2)C1. The summed E-state index contributed by atoms with van der Waals surface area (Å²) in [5.41, 5.74) is 2.96. The fraction of sp³-hybridized carbons (Fsp3) is 0.500. The molecule has 1 fully saturated rings. The van der Waals surface area contributed by atoms with Crippen molar-refractivity contribution in [3.63, 3.8) is 0 Å². The summed E-state index contributed by atoms with van der Waals surface area (Å²) in [6, 6.07) is 1.60. The van der Waals surface area contributed by atoms with Crippen molar-refractivity contribution >= 4 is 29.4 Å². The lowest BCUT2D eigenvalue weighted by Gasteiger charge is -2.28. The maximum absolute atomic E-state index is 12.7. The number of halogens is 1. The molecule has 4 rings (SSSR count). The van der Waals surface area contributed by atoms with Gasteiger partial charge in [-0.3, -0.25) is 9.48 Å². The number of anilines is 1. The summed E-state index contributed by atoms with van der Waals surface area (Å²) in [4.78, 5) is 27.9. The number of carbonyl (C=O) groups is 2. The number of nitrogens with zero attached hydrogens (tertiary/aromatic N) is 3. The van der Waals surface area contributed by atoms with E-state index < -0.39 is 6.09 Å². The molecule has 2 atom stereocenters. The number of hydrogen-bond acceptors (Lipinski definition) is 4. The lowest BCUT2D eigenvalue weighted by atomic mass is 9.85. The molecular weight excluding hydrogens is 394 g/mol. The number of pyridine rings is 1.